The summed E-state index contributed by atoms with van der Waals surface area (Å²) in [5.74, 6) is 1.01. The van der Waals surface area contributed by atoms with E-state index in [1.807, 2.05) is 12.3 Å². The minimum atomic E-state index is 0.343. The number of hydrogen-bond acceptors (Lipinski definition) is 2. The fraction of sp³-hybridized carbons (Fsp3) is 0.476. The summed E-state index contributed by atoms with van der Waals surface area (Å²) in [7, 11) is 0. The lowest BCUT2D eigenvalue weighted by atomic mass is 9.99. The maximum absolute atomic E-state index is 4.50. The highest BCUT2D eigenvalue weighted by atomic mass is 15.0. The molecule has 1 N–H and O–H groups in total. The fourth-order valence-corrected chi connectivity index (χ4v) is 2.94. The van der Waals surface area contributed by atoms with Gasteiger partial charge in [-0.25, -0.2) is 4.98 Å². The SMILES string of the molecule is CCCCCCCCC(Nc1ncccc1C)c1ccccc1. The molecule has 23 heavy (non-hydrogen) atoms. The van der Waals surface area contributed by atoms with Gasteiger partial charge in [0, 0.05) is 6.20 Å². The van der Waals surface area contributed by atoms with Gasteiger partial charge >= 0.3 is 0 Å². The van der Waals surface area contributed by atoms with Gasteiger partial charge in [0.05, 0.1) is 6.04 Å². The van der Waals surface area contributed by atoms with Crippen molar-refractivity contribution in [2.24, 2.45) is 0 Å². The Bertz CT molecular complexity index is 551. The molecule has 0 saturated carbocycles. The van der Waals surface area contributed by atoms with E-state index < -0.39 is 0 Å². The molecule has 0 saturated heterocycles. The van der Waals surface area contributed by atoms with Crippen LogP contribution in [0.1, 0.15) is 69.0 Å². The monoisotopic (exact) mass is 310 g/mol. The molecule has 1 aromatic heterocycles. The molecule has 0 amide bonds. The molecular weight excluding hydrogens is 280 g/mol. The fourth-order valence-electron chi connectivity index (χ4n) is 2.94. The molecule has 2 aromatic rings. The Balaban J connectivity index is 1.94. The highest BCUT2D eigenvalue weighted by Crippen LogP contribution is 2.25. The van der Waals surface area contributed by atoms with E-state index in [0.717, 1.165) is 12.2 Å². The number of nitrogens with one attached hydrogen (secondary N) is 1. The first kappa shape index (κ1) is 17.5. The van der Waals surface area contributed by atoms with Crippen molar-refractivity contribution in [3.8, 4) is 0 Å². The summed E-state index contributed by atoms with van der Waals surface area (Å²) in [5, 5.41) is 3.65. The molecule has 0 aliphatic carbocycles. The molecule has 0 spiro atoms. The third-order valence-corrected chi connectivity index (χ3v) is 4.37. The lowest BCUT2D eigenvalue weighted by Crippen LogP contribution is -2.12. The molecule has 1 atom stereocenters. The maximum atomic E-state index is 4.50. The first-order chi connectivity index (χ1) is 11.3. The van der Waals surface area contributed by atoms with Gasteiger partial charge in [-0.1, -0.05) is 81.8 Å². The van der Waals surface area contributed by atoms with Crippen LogP contribution in [0.5, 0.6) is 0 Å². The zero-order chi connectivity index (χ0) is 16.3. The van der Waals surface area contributed by atoms with Gasteiger partial charge < -0.3 is 5.32 Å². The molecule has 1 unspecified atom stereocenters. The summed E-state index contributed by atoms with van der Waals surface area (Å²) < 4.78 is 0. The number of anilines is 1. The van der Waals surface area contributed by atoms with Crippen molar-refractivity contribution in [2.45, 2.75) is 64.8 Å². The molecule has 0 radical (unpaired) electrons. The van der Waals surface area contributed by atoms with Gasteiger partial charge in [0.2, 0.25) is 0 Å². The van der Waals surface area contributed by atoms with E-state index in [4.69, 9.17) is 0 Å². The molecule has 0 fully saturated rings. The van der Waals surface area contributed by atoms with Gasteiger partial charge in [0.1, 0.15) is 5.82 Å². The van der Waals surface area contributed by atoms with Gasteiger partial charge in [-0.15, -0.1) is 0 Å². The Morgan fingerprint density at radius 2 is 1.65 bits per heavy atom. The van der Waals surface area contributed by atoms with Crippen molar-refractivity contribution < 1.29 is 0 Å². The number of nitrogens with zero attached hydrogens (tertiary/aromatic N) is 1. The van der Waals surface area contributed by atoms with Crippen molar-refractivity contribution >= 4 is 5.82 Å². The molecule has 0 aliphatic heterocycles. The Morgan fingerprint density at radius 3 is 2.39 bits per heavy atom. The van der Waals surface area contributed by atoms with Crippen molar-refractivity contribution in [1.29, 1.82) is 0 Å². The summed E-state index contributed by atoms with van der Waals surface area (Å²) in [5.41, 5.74) is 2.56. The van der Waals surface area contributed by atoms with E-state index in [2.05, 4.69) is 60.5 Å². The normalized spacial score (nSPS) is 12.1. The predicted octanol–water partition coefficient (Wildman–Crippen LogP) is 6.29. The van der Waals surface area contributed by atoms with E-state index in [-0.39, 0.29) is 0 Å². The Labute approximate surface area is 141 Å². The van der Waals surface area contributed by atoms with Gasteiger partial charge in [-0.3, -0.25) is 0 Å². The topological polar surface area (TPSA) is 24.9 Å². The zero-order valence-corrected chi connectivity index (χ0v) is 14.6. The third kappa shape index (κ3) is 6.05. The second-order valence-electron chi connectivity index (χ2n) is 6.33. The molecule has 0 bridgehead atoms. The molecule has 2 heteroatoms. The van der Waals surface area contributed by atoms with Crippen molar-refractivity contribution in [2.75, 3.05) is 5.32 Å². The first-order valence-corrected chi connectivity index (χ1v) is 9.04. The minimum absolute atomic E-state index is 0.343. The lowest BCUT2D eigenvalue weighted by molar-refractivity contribution is 0.561. The van der Waals surface area contributed by atoms with Crippen LogP contribution in [0, 0.1) is 6.92 Å². The summed E-state index contributed by atoms with van der Waals surface area (Å²) in [6, 6.07) is 15.2. The number of pyridine rings is 1. The largest absolute Gasteiger partial charge is 0.363 e. The average molecular weight is 310 g/mol. The van der Waals surface area contributed by atoms with Crippen LogP contribution < -0.4 is 5.32 Å². The van der Waals surface area contributed by atoms with Crippen molar-refractivity contribution in [3.05, 3.63) is 59.8 Å². The number of rotatable bonds is 10. The Kier molecular flexibility index (Phi) is 7.65. The Hall–Kier alpha value is -1.83. The summed E-state index contributed by atoms with van der Waals surface area (Å²) in [6.45, 7) is 4.38. The molecule has 1 aromatic carbocycles. The smallest absolute Gasteiger partial charge is 0.129 e. The number of aryl methyl sites for hydroxylation is 1. The number of aromatic nitrogens is 1. The van der Waals surface area contributed by atoms with E-state index in [1.54, 1.807) is 0 Å². The quantitative estimate of drug-likeness (QED) is 0.521. The third-order valence-electron chi connectivity index (χ3n) is 4.37. The number of hydrogen-bond donors (Lipinski definition) is 1. The molecule has 1 heterocycles. The van der Waals surface area contributed by atoms with Gasteiger partial charge in [0.25, 0.3) is 0 Å². The Morgan fingerprint density at radius 1 is 0.913 bits per heavy atom. The van der Waals surface area contributed by atoms with Crippen LogP contribution in [0.3, 0.4) is 0 Å². The maximum Gasteiger partial charge on any atom is 0.129 e. The second kappa shape index (κ2) is 10.0. The molecule has 2 nitrogen and oxygen atoms in total. The van der Waals surface area contributed by atoms with Crippen molar-refractivity contribution in [1.82, 2.24) is 4.98 Å². The van der Waals surface area contributed by atoms with Gasteiger partial charge in [-0.05, 0) is 30.5 Å². The molecular formula is C21H30N2. The molecule has 124 valence electrons. The highest BCUT2D eigenvalue weighted by molar-refractivity contribution is 5.45. The molecule has 2 rings (SSSR count). The van der Waals surface area contributed by atoms with Gasteiger partial charge in [0.15, 0.2) is 0 Å². The molecule has 0 aliphatic rings. The second-order valence-corrected chi connectivity index (χ2v) is 6.33. The predicted molar refractivity (Wildman–Crippen MR) is 99.8 cm³/mol. The van der Waals surface area contributed by atoms with Crippen LogP contribution in [0.4, 0.5) is 5.82 Å². The zero-order valence-electron chi connectivity index (χ0n) is 14.6. The number of unbranched alkanes of at least 4 members (excludes halogenated alkanes) is 5. The summed E-state index contributed by atoms with van der Waals surface area (Å²) >= 11 is 0. The van der Waals surface area contributed by atoms with Crippen LogP contribution in [0.25, 0.3) is 0 Å². The van der Waals surface area contributed by atoms with E-state index >= 15 is 0 Å². The first-order valence-electron chi connectivity index (χ1n) is 9.04. The average Bonchev–Trinajstić information content (AvgIpc) is 2.59. The number of benzene rings is 1. The van der Waals surface area contributed by atoms with Crippen LogP contribution in [-0.4, -0.2) is 4.98 Å². The van der Waals surface area contributed by atoms with E-state index in [1.165, 1.54) is 49.7 Å². The van der Waals surface area contributed by atoms with Crippen LogP contribution in [-0.2, 0) is 0 Å². The minimum Gasteiger partial charge on any atom is -0.363 e. The summed E-state index contributed by atoms with van der Waals surface area (Å²) in [4.78, 5) is 4.50. The van der Waals surface area contributed by atoms with Crippen LogP contribution >= 0.6 is 0 Å². The standard InChI is InChI=1S/C21H30N2/c1-3-4-5-6-7-11-16-20(19-14-9-8-10-15-19)23-21-18(2)13-12-17-22-21/h8-10,12-15,17,20H,3-7,11,16H2,1-2H3,(H,22,23). The van der Waals surface area contributed by atoms with E-state index in [0.29, 0.717) is 6.04 Å². The van der Waals surface area contributed by atoms with Crippen molar-refractivity contribution in [3.63, 3.8) is 0 Å². The van der Waals surface area contributed by atoms with Crippen LogP contribution in [0.2, 0.25) is 0 Å². The summed E-state index contributed by atoms with van der Waals surface area (Å²) in [6.07, 6.45) is 11.0. The van der Waals surface area contributed by atoms with Gasteiger partial charge in [-0.2, -0.15) is 0 Å². The van der Waals surface area contributed by atoms with Crippen LogP contribution in [0.15, 0.2) is 48.7 Å². The lowest BCUT2D eigenvalue weighted by Gasteiger charge is -2.21. The van der Waals surface area contributed by atoms with E-state index in [9.17, 15) is 0 Å². The highest BCUT2D eigenvalue weighted by Gasteiger charge is 2.12.